The maximum atomic E-state index is 14.2. The zero-order chi connectivity index (χ0) is 18.1. The molecule has 0 saturated carbocycles. The zero-order valence-corrected chi connectivity index (χ0v) is 15.4. The van der Waals surface area contributed by atoms with Crippen LogP contribution in [0.2, 0.25) is 0 Å². The predicted molar refractivity (Wildman–Crippen MR) is 92.6 cm³/mol. The number of halogens is 1. The number of fused-ring (bicyclic) bond motifs is 1. The molecular formula is C16H23FN4O2S. The van der Waals surface area contributed by atoms with Crippen LogP contribution in [0.4, 0.5) is 4.39 Å². The van der Waals surface area contributed by atoms with Crippen molar-refractivity contribution in [3.63, 3.8) is 0 Å². The van der Waals surface area contributed by atoms with Gasteiger partial charge in [-0.2, -0.15) is 0 Å². The Hall–Kier alpha value is -1.47. The first-order chi connectivity index (χ1) is 11.1. The Morgan fingerprint density at radius 1 is 1.54 bits per heavy atom. The quantitative estimate of drug-likeness (QED) is 0.375. The van der Waals surface area contributed by atoms with Gasteiger partial charge in [0.05, 0.1) is 12.6 Å². The normalized spacial score (nSPS) is 22.3. The minimum absolute atomic E-state index is 0.118. The molecule has 0 saturated heterocycles. The highest BCUT2D eigenvalue weighted by Crippen LogP contribution is 2.42. The Labute approximate surface area is 144 Å². The van der Waals surface area contributed by atoms with E-state index >= 15 is 0 Å². The van der Waals surface area contributed by atoms with Crippen LogP contribution in [0.1, 0.15) is 51.8 Å². The molecule has 1 aromatic carbocycles. The lowest BCUT2D eigenvalue weighted by Crippen LogP contribution is -2.40. The van der Waals surface area contributed by atoms with E-state index in [1.165, 1.54) is 6.07 Å². The summed E-state index contributed by atoms with van der Waals surface area (Å²) in [7, 11) is 0. The molecule has 8 heteroatoms. The molecule has 1 heterocycles. The highest BCUT2D eigenvalue weighted by Gasteiger charge is 2.39. The van der Waals surface area contributed by atoms with Gasteiger partial charge < -0.3 is 9.29 Å². The van der Waals surface area contributed by atoms with Gasteiger partial charge in [-0.1, -0.05) is 11.2 Å². The minimum Gasteiger partial charge on any atom is -0.598 e. The Morgan fingerprint density at radius 3 is 2.79 bits per heavy atom. The molecule has 0 amide bonds. The van der Waals surface area contributed by atoms with Gasteiger partial charge in [-0.05, 0) is 46.2 Å². The number of ether oxygens (including phenoxy) is 1. The molecule has 0 radical (unpaired) electrons. The second kappa shape index (κ2) is 6.80. The van der Waals surface area contributed by atoms with Gasteiger partial charge in [0.25, 0.3) is 0 Å². The molecular weight excluding hydrogens is 331 g/mol. The van der Waals surface area contributed by atoms with Gasteiger partial charge in [-0.25, -0.2) is 4.39 Å². The molecule has 0 spiro atoms. The number of azide groups is 1. The Balaban J connectivity index is 2.30. The van der Waals surface area contributed by atoms with Crippen LogP contribution in [0.5, 0.6) is 5.75 Å². The summed E-state index contributed by atoms with van der Waals surface area (Å²) in [6.45, 7) is 9.41. The van der Waals surface area contributed by atoms with E-state index in [1.54, 1.807) is 13.0 Å². The summed E-state index contributed by atoms with van der Waals surface area (Å²) in [5.41, 5.74) is 8.96. The van der Waals surface area contributed by atoms with Gasteiger partial charge in [-0.15, -0.1) is 4.72 Å². The predicted octanol–water partition coefficient (Wildman–Crippen LogP) is 3.94. The topological polar surface area (TPSA) is 93.1 Å². The fraction of sp³-hybridized carbons (Fsp3) is 0.625. The molecule has 1 aliphatic rings. The smallest absolute Gasteiger partial charge is 0.136 e. The lowest BCUT2D eigenvalue weighted by molar-refractivity contribution is 0.124. The van der Waals surface area contributed by atoms with Crippen LogP contribution in [0, 0.1) is 5.82 Å². The third kappa shape index (κ3) is 3.95. The van der Waals surface area contributed by atoms with Crippen molar-refractivity contribution in [2.24, 2.45) is 5.11 Å². The van der Waals surface area contributed by atoms with Crippen LogP contribution < -0.4 is 9.46 Å². The molecule has 1 N–H and O–H groups in total. The molecule has 1 aliphatic heterocycles. The summed E-state index contributed by atoms with van der Waals surface area (Å²) < 4.78 is 35.1. The summed E-state index contributed by atoms with van der Waals surface area (Å²) in [6.07, 6.45) is 0.329. The van der Waals surface area contributed by atoms with Crippen LogP contribution in [0.25, 0.3) is 10.4 Å². The van der Waals surface area contributed by atoms with Crippen molar-refractivity contribution in [3.05, 3.63) is 39.5 Å². The van der Waals surface area contributed by atoms with Crippen molar-refractivity contribution in [1.29, 1.82) is 0 Å². The Bertz CT molecular complexity index is 673. The number of nitrogens with one attached hydrogen (secondary N) is 1. The highest BCUT2D eigenvalue weighted by molar-refractivity contribution is 7.90. The van der Waals surface area contributed by atoms with Crippen LogP contribution >= 0.6 is 0 Å². The van der Waals surface area contributed by atoms with Crippen molar-refractivity contribution >= 4 is 11.4 Å². The second-order valence-corrected chi connectivity index (χ2v) is 9.28. The molecule has 2 rings (SSSR count). The second-order valence-electron chi connectivity index (χ2n) is 7.28. The van der Waals surface area contributed by atoms with E-state index in [2.05, 4.69) is 14.7 Å². The van der Waals surface area contributed by atoms with Gasteiger partial charge >= 0.3 is 0 Å². The minimum atomic E-state index is -1.26. The van der Waals surface area contributed by atoms with Crippen molar-refractivity contribution in [3.8, 4) is 5.75 Å². The summed E-state index contributed by atoms with van der Waals surface area (Å²) in [6, 6.07) is 2.77. The zero-order valence-electron chi connectivity index (χ0n) is 14.6. The highest BCUT2D eigenvalue weighted by atomic mass is 32.2. The first-order valence-electron chi connectivity index (χ1n) is 7.76. The summed E-state index contributed by atoms with van der Waals surface area (Å²) in [5, 5.41) is 3.56. The maximum absolute atomic E-state index is 14.2. The maximum Gasteiger partial charge on any atom is 0.136 e. The van der Waals surface area contributed by atoms with Crippen molar-refractivity contribution in [2.45, 2.75) is 57.4 Å². The van der Waals surface area contributed by atoms with E-state index in [1.807, 2.05) is 27.7 Å². The monoisotopic (exact) mass is 354 g/mol. The molecule has 0 fully saturated rings. The number of hydrogen-bond donors (Lipinski definition) is 1. The molecule has 6 nitrogen and oxygen atoms in total. The average Bonchev–Trinajstić information content (AvgIpc) is 2.83. The summed E-state index contributed by atoms with van der Waals surface area (Å²) in [5.74, 6) is 0.110. The summed E-state index contributed by atoms with van der Waals surface area (Å²) in [4.78, 5) is 2.75. The van der Waals surface area contributed by atoms with Crippen LogP contribution in [0.3, 0.4) is 0 Å². The Kier molecular flexibility index (Phi) is 5.34. The van der Waals surface area contributed by atoms with E-state index in [9.17, 15) is 8.94 Å². The number of rotatable bonds is 5. The largest absolute Gasteiger partial charge is 0.598 e. The first kappa shape index (κ1) is 18.9. The lowest BCUT2D eigenvalue weighted by atomic mass is 9.97. The standard InChI is InChI=1S/C16H23FN4O2S/c1-10(20-24(22)15(2,3)4)11-6-7-13(17)12-8-16(5,9-19-21-18)23-14(11)12/h6-7,10,20H,8-9H2,1-5H3. The molecule has 24 heavy (non-hydrogen) atoms. The first-order valence-corrected chi connectivity index (χ1v) is 8.91. The van der Waals surface area contributed by atoms with Crippen LogP contribution in [-0.2, 0) is 17.8 Å². The molecule has 132 valence electrons. The van der Waals surface area contributed by atoms with Crippen molar-refractivity contribution < 1.29 is 13.7 Å². The van der Waals surface area contributed by atoms with Gasteiger partial charge in [0, 0.05) is 33.8 Å². The number of nitrogens with zero attached hydrogens (tertiary/aromatic N) is 3. The van der Waals surface area contributed by atoms with Gasteiger partial charge in [0.2, 0.25) is 0 Å². The van der Waals surface area contributed by atoms with Gasteiger partial charge in [-0.3, -0.25) is 0 Å². The van der Waals surface area contributed by atoms with E-state index in [0.29, 0.717) is 17.7 Å². The van der Waals surface area contributed by atoms with Crippen molar-refractivity contribution in [1.82, 2.24) is 4.72 Å². The van der Waals surface area contributed by atoms with Crippen LogP contribution in [0.15, 0.2) is 17.2 Å². The van der Waals surface area contributed by atoms with E-state index < -0.39 is 21.7 Å². The fourth-order valence-corrected chi connectivity index (χ4v) is 3.38. The molecule has 3 unspecified atom stereocenters. The molecule has 0 aromatic heterocycles. The number of benzene rings is 1. The summed E-state index contributed by atoms with van der Waals surface area (Å²) >= 11 is -1.26. The molecule has 3 atom stereocenters. The van der Waals surface area contributed by atoms with Gasteiger partial charge in [0.1, 0.15) is 21.9 Å². The SMILES string of the molecule is CC(N[S+]([O-])C(C)(C)C)c1ccc(F)c2c1OC(C)(CN=[N+]=[N-])C2. The third-order valence-corrected chi connectivity index (χ3v) is 5.59. The molecule has 0 aliphatic carbocycles. The Morgan fingerprint density at radius 2 is 2.21 bits per heavy atom. The molecule has 0 bridgehead atoms. The van der Waals surface area contributed by atoms with Crippen LogP contribution in [-0.4, -0.2) is 21.4 Å². The number of hydrogen-bond acceptors (Lipinski definition) is 4. The third-order valence-electron chi connectivity index (χ3n) is 3.91. The van der Waals surface area contributed by atoms with E-state index in [4.69, 9.17) is 10.3 Å². The fourth-order valence-electron chi connectivity index (χ4n) is 2.57. The van der Waals surface area contributed by atoms with Crippen molar-refractivity contribution in [2.75, 3.05) is 6.54 Å². The molecule has 1 aromatic rings. The average molecular weight is 354 g/mol. The van der Waals surface area contributed by atoms with Gasteiger partial charge in [0.15, 0.2) is 0 Å². The lowest BCUT2D eigenvalue weighted by Gasteiger charge is -2.27. The van der Waals surface area contributed by atoms with E-state index in [-0.39, 0.29) is 18.4 Å². The van der Waals surface area contributed by atoms with E-state index in [0.717, 1.165) is 5.56 Å².